The van der Waals surface area contributed by atoms with Crippen molar-refractivity contribution in [3.05, 3.63) is 47.3 Å². The standard InChI is InChI=1S/C21H26N2O5S2/c24-19(22-17-7-4-2-1-3-5-8-17)15-28-21(25)16-10-12-18(13-11-16)23-30(26,27)20-9-6-14-29-20/h6,9-14,17,23H,1-5,7-8,15H2,(H,22,24). The first-order valence-electron chi connectivity index (χ1n) is 10.1. The van der Waals surface area contributed by atoms with Crippen LogP contribution in [-0.2, 0) is 19.6 Å². The molecular weight excluding hydrogens is 424 g/mol. The zero-order valence-corrected chi connectivity index (χ0v) is 18.3. The Bertz CT molecular complexity index is 932. The molecule has 7 nitrogen and oxygen atoms in total. The highest BCUT2D eigenvalue weighted by Crippen LogP contribution is 2.21. The Morgan fingerprint density at radius 3 is 2.30 bits per heavy atom. The number of rotatable bonds is 7. The molecule has 1 aliphatic rings. The summed E-state index contributed by atoms with van der Waals surface area (Å²) >= 11 is 1.12. The monoisotopic (exact) mass is 450 g/mol. The fourth-order valence-electron chi connectivity index (χ4n) is 3.38. The molecule has 162 valence electrons. The summed E-state index contributed by atoms with van der Waals surface area (Å²) in [7, 11) is -3.64. The van der Waals surface area contributed by atoms with Crippen LogP contribution >= 0.6 is 11.3 Å². The number of ether oxygens (including phenoxy) is 1. The zero-order valence-electron chi connectivity index (χ0n) is 16.6. The Hall–Kier alpha value is -2.39. The summed E-state index contributed by atoms with van der Waals surface area (Å²) in [5.74, 6) is -0.926. The van der Waals surface area contributed by atoms with Crippen molar-refractivity contribution < 1.29 is 22.7 Å². The molecule has 0 radical (unpaired) electrons. The summed E-state index contributed by atoms with van der Waals surface area (Å²) in [4.78, 5) is 24.3. The predicted molar refractivity (Wildman–Crippen MR) is 116 cm³/mol. The molecule has 1 saturated carbocycles. The molecule has 9 heteroatoms. The van der Waals surface area contributed by atoms with Crippen molar-refractivity contribution in [1.29, 1.82) is 0 Å². The highest BCUT2D eigenvalue weighted by atomic mass is 32.2. The van der Waals surface area contributed by atoms with Crippen molar-refractivity contribution >= 4 is 38.9 Å². The number of thiophene rings is 1. The molecule has 0 atom stereocenters. The highest BCUT2D eigenvalue weighted by Gasteiger charge is 2.17. The molecular formula is C21H26N2O5S2. The summed E-state index contributed by atoms with van der Waals surface area (Å²) in [6.07, 6.45) is 7.78. The smallest absolute Gasteiger partial charge is 0.338 e. The number of hydrogen-bond acceptors (Lipinski definition) is 6. The normalized spacial score (nSPS) is 15.6. The minimum atomic E-state index is -3.64. The number of hydrogen-bond donors (Lipinski definition) is 2. The van der Waals surface area contributed by atoms with E-state index in [9.17, 15) is 18.0 Å². The van der Waals surface area contributed by atoms with E-state index in [2.05, 4.69) is 10.0 Å². The first-order valence-corrected chi connectivity index (χ1v) is 12.4. The van der Waals surface area contributed by atoms with Gasteiger partial charge in [-0.1, -0.05) is 38.2 Å². The van der Waals surface area contributed by atoms with Crippen LogP contribution < -0.4 is 10.0 Å². The molecule has 0 bridgehead atoms. The third-order valence-corrected chi connectivity index (χ3v) is 7.72. The average molecular weight is 451 g/mol. The van der Waals surface area contributed by atoms with E-state index in [4.69, 9.17) is 4.74 Å². The van der Waals surface area contributed by atoms with Crippen LogP contribution in [0.5, 0.6) is 0 Å². The van der Waals surface area contributed by atoms with Gasteiger partial charge in [0.05, 0.1) is 5.56 Å². The van der Waals surface area contributed by atoms with Crippen molar-refractivity contribution in [2.24, 2.45) is 0 Å². The first-order chi connectivity index (χ1) is 14.4. The van der Waals surface area contributed by atoms with E-state index >= 15 is 0 Å². The summed E-state index contributed by atoms with van der Waals surface area (Å²) in [5, 5.41) is 4.63. The molecule has 0 aliphatic heterocycles. The van der Waals surface area contributed by atoms with Crippen molar-refractivity contribution in [1.82, 2.24) is 5.32 Å². The molecule has 1 fully saturated rings. The maximum atomic E-state index is 12.2. The minimum absolute atomic E-state index is 0.146. The molecule has 1 aliphatic carbocycles. The largest absolute Gasteiger partial charge is 0.452 e. The SMILES string of the molecule is O=C(COC(=O)c1ccc(NS(=O)(=O)c2cccs2)cc1)NC1CCCCCCC1. The summed E-state index contributed by atoms with van der Waals surface area (Å²) in [5.41, 5.74) is 0.579. The average Bonchev–Trinajstić information content (AvgIpc) is 3.24. The van der Waals surface area contributed by atoms with Gasteiger partial charge in [-0.25, -0.2) is 13.2 Å². The third-order valence-electron chi connectivity index (χ3n) is 4.94. The Labute approximate surface area is 180 Å². The van der Waals surface area contributed by atoms with E-state index in [1.54, 1.807) is 11.4 Å². The van der Waals surface area contributed by atoms with Gasteiger partial charge in [0.25, 0.3) is 15.9 Å². The number of benzene rings is 1. The van der Waals surface area contributed by atoms with Gasteiger partial charge in [-0.05, 0) is 48.6 Å². The molecule has 1 heterocycles. The van der Waals surface area contributed by atoms with E-state index in [0.29, 0.717) is 5.69 Å². The highest BCUT2D eigenvalue weighted by molar-refractivity contribution is 7.94. The quantitative estimate of drug-likeness (QED) is 0.622. The van der Waals surface area contributed by atoms with Gasteiger partial charge in [0.1, 0.15) is 4.21 Å². The molecule has 0 saturated heterocycles. The number of sulfonamides is 1. The van der Waals surface area contributed by atoms with E-state index in [0.717, 1.165) is 37.0 Å². The number of anilines is 1. The van der Waals surface area contributed by atoms with Crippen molar-refractivity contribution in [3.8, 4) is 0 Å². The maximum Gasteiger partial charge on any atom is 0.338 e. The van der Waals surface area contributed by atoms with Gasteiger partial charge in [-0.3, -0.25) is 9.52 Å². The van der Waals surface area contributed by atoms with Crippen LogP contribution in [0.2, 0.25) is 0 Å². The van der Waals surface area contributed by atoms with Gasteiger partial charge >= 0.3 is 5.97 Å². The van der Waals surface area contributed by atoms with Crippen LogP contribution in [0.15, 0.2) is 46.0 Å². The van der Waals surface area contributed by atoms with E-state index in [-0.39, 0.29) is 28.3 Å². The number of amides is 1. The van der Waals surface area contributed by atoms with Gasteiger partial charge in [0, 0.05) is 11.7 Å². The minimum Gasteiger partial charge on any atom is -0.452 e. The first kappa shape index (κ1) is 22.3. The summed E-state index contributed by atoms with van der Waals surface area (Å²) in [6, 6.07) is 9.20. The van der Waals surface area contributed by atoms with Crippen LogP contribution in [0, 0.1) is 0 Å². The Balaban J connectivity index is 1.48. The molecule has 30 heavy (non-hydrogen) atoms. The second kappa shape index (κ2) is 10.6. The Morgan fingerprint density at radius 2 is 1.67 bits per heavy atom. The fourth-order valence-corrected chi connectivity index (χ4v) is 5.43. The Kier molecular flexibility index (Phi) is 7.87. The van der Waals surface area contributed by atoms with Gasteiger partial charge in [0.2, 0.25) is 0 Å². The number of esters is 1. The van der Waals surface area contributed by atoms with Crippen LogP contribution in [0.4, 0.5) is 5.69 Å². The zero-order chi connectivity index (χ0) is 21.4. The maximum absolute atomic E-state index is 12.2. The van der Waals surface area contributed by atoms with E-state index < -0.39 is 16.0 Å². The number of nitrogens with one attached hydrogen (secondary N) is 2. The molecule has 0 spiro atoms. The molecule has 2 N–H and O–H groups in total. The Morgan fingerprint density at radius 1 is 1.00 bits per heavy atom. The van der Waals surface area contributed by atoms with Crippen molar-refractivity contribution in [2.45, 2.75) is 55.2 Å². The molecule has 1 amide bonds. The van der Waals surface area contributed by atoms with Crippen molar-refractivity contribution in [3.63, 3.8) is 0 Å². The third kappa shape index (κ3) is 6.56. The predicted octanol–water partition coefficient (Wildman–Crippen LogP) is 3.93. The molecule has 1 aromatic carbocycles. The fraction of sp³-hybridized carbons (Fsp3) is 0.429. The van der Waals surface area contributed by atoms with Crippen molar-refractivity contribution in [2.75, 3.05) is 11.3 Å². The topological polar surface area (TPSA) is 102 Å². The van der Waals surface area contributed by atoms with E-state index in [1.165, 1.54) is 49.6 Å². The van der Waals surface area contributed by atoms with Crippen LogP contribution in [0.1, 0.15) is 55.3 Å². The van der Waals surface area contributed by atoms with Gasteiger partial charge < -0.3 is 10.1 Å². The van der Waals surface area contributed by atoms with Crippen LogP contribution in [0.25, 0.3) is 0 Å². The number of carbonyl (C=O) groups excluding carboxylic acids is 2. The summed E-state index contributed by atoms with van der Waals surface area (Å²) < 4.78 is 32.2. The van der Waals surface area contributed by atoms with Crippen LogP contribution in [-0.4, -0.2) is 32.9 Å². The molecule has 2 aromatic rings. The molecule has 0 unspecified atom stereocenters. The van der Waals surface area contributed by atoms with Crippen LogP contribution in [0.3, 0.4) is 0 Å². The number of carbonyl (C=O) groups is 2. The second-order valence-corrected chi connectivity index (χ2v) is 10.2. The lowest BCUT2D eigenvalue weighted by Gasteiger charge is -2.20. The lowest BCUT2D eigenvalue weighted by Crippen LogP contribution is -2.38. The van der Waals surface area contributed by atoms with Gasteiger partial charge in [0.15, 0.2) is 6.61 Å². The molecule has 1 aromatic heterocycles. The summed E-state index contributed by atoms with van der Waals surface area (Å²) in [6.45, 7) is -0.331. The van der Waals surface area contributed by atoms with E-state index in [1.807, 2.05) is 0 Å². The lowest BCUT2D eigenvalue weighted by atomic mass is 9.97. The lowest BCUT2D eigenvalue weighted by molar-refractivity contribution is -0.125. The van der Waals surface area contributed by atoms with Gasteiger partial charge in [-0.15, -0.1) is 11.3 Å². The second-order valence-electron chi connectivity index (χ2n) is 7.30. The van der Waals surface area contributed by atoms with Gasteiger partial charge in [-0.2, -0.15) is 0 Å². The molecule has 3 rings (SSSR count).